The van der Waals surface area contributed by atoms with Crippen molar-refractivity contribution in [2.75, 3.05) is 40.1 Å². The maximum atomic E-state index is 12.5. The van der Waals surface area contributed by atoms with Crippen LogP contribution in [0.4, 0.5) is 5.69 Å². The van der Waals surface area contributed by atoms with Crippen LogP contribution in [0.2, 0.25) is 0 Å². The Kier molecular flexibility index (Phi) is 7.40. The third-order valence-electron chi connectivity index (χ3n) is 4.56. The lowest BCUT2D eigenvalue weighted by Crippen LogP contribution is -2.30. The molecule has 0 radical (unpaired) electrons. The summed E-state index contributed by atoms with van der Waals surface area (Å²) in [6, 6.07) is 10.8. The highest BCUT2D eigenvalue weighted by Gasteiger charge is 2.23. The lowest BCUT2D eigenvalue weighted by Gasteiger charge is -2.19. The number of nitrogens with one attached hydrogen (secondary N) is 1. The Morgan fingerprint density at radius 2 is 1.76 bits per heavy atom. The lowest BCUT2D eigenvalue weighted by atomic mass is 10.1. The van der Waals surface area contributed by atoms with Crippen molar-refractivity contribution in [3.05, 3.63) is 53.1 Å². The minimum Gasteiger partial charge on any atom is -0.495 e. The monoisotopic (exact) mass is 419 g/mol. The highest BCUT2D eigenvalue weighted by molar-refractivity contribution is 7.89. The number of nitrogens with zero attached hydrogens (tertiary/aromatic N) is 2. The SMILES string of the molecule is COc1ccc(NC(=O)CN(C)Cc2ccc(C)cc2C)cc1S(=O)(=O)N(C)C. The summed E-state index contributed by atoms with van der Waals surface area (Å²) >= 11 is 0. The molecule has 0 spiro atoms. The van der Waals surface area contributed by atoms with E-state index in [1.165, 1.54) is 44.5 Å². The van der Waals surface area contributed by atoms with Crippen molar-refractivity contribution in [3.63, 3.8) is 0 Å². The van der Waals surface area contributed by atoms with E-state index >= 15 is 0 Å². The first kappa shape index (κ1) is 22.9. The fourth-order valence-electron chi connectivity index (χ4n) is 2.97. The smallest absolute Gasteiger partial charge is 0.246 e. The van der Waals surface area contributed by atoms with Gasteiger partial charge in [0.1, 0.15) is 10.6 Å². The normalized spacial score (nSPS) is 11.7. The van der Waals surface area contributed by atoms with Gasteiger partial charge in [-0.25, -0.2) is 12.7 Å². The van der Waals surface area contributed by atoms with Crippen molar-refractivity contribution >= 4 is 21.6 Å². The third-order valence-corrected chi connectivity index (χ3v) is 6.39. The number of hydrogen-bond acceptors (Lipinski definition) is 5. The van der Waals surface area contributed by atoms with Crippen LogP contribution in [0, 0.1) is 13.8 Å². The van der Waals surface area contributed by atoms with E-state index in [-0.39, 0.29) is 23.1 Å². The molecular weight excluding hydrogens is 390 g/mol. The van der Waals surface area contributed by atoms with E-state index in [0.717, 1.165) is 9.87 Å². The molecule has 0 aliphatic carbocycles. The highest BCUT2D eigenvalue weighted by Crippen LogP contribution is 2.28. The molecule has 0 atom stereocenters. The van der Waals surface area contributed by atoms with Crippen LogP contribution in [-0.4, -0.2) is 58.3 Å². The van der Waals surface area contributed by atoms with Gasteiger partial charge in [0.15, 0.2) is 0 Å². The molecule has 1 amide bonds. The van der Waals surface area contributed by atoms with Gasteiger partial charge in [0.05, 0.1) is 13.7 Å². The van der Waals surface area contributed by atoms with Crippen molar-refractivity contribution < 1.29 is 17.9 Å². The quantitative estimate of drug-likeness (QED) is 0.712. The maximum absolute atomic E-state index is 12.5. The number of methoxy groups -OCH3 is 1. The van der Waals surface area contributed by atoms with Gasteiger partial charge in [-0.2, -0.15) is 0 Å². The van der Waals surface area contributed by atoms with E-state index in [1.807, 2.05) is 18.9 Å². The molecule has 2 aromatic carbocycles. The molecule has 0 aliphatic heterocycles. The topological polar surface area (TPSA) is 79.0 Å². The molecule has 0 bridgehead atoms. The molecule has 7 nitrogen and oxygen atoms in total. The number of likely N-dealkylation sites (N-methyl/N-ethyl adjacent to an activating group) is 1. The average Bonchev–Trinajstić information content (AvgIpc) is 2.63. The molecule has 0 aliphatic rings. The van der Waals surface area contributed by atoms with Gasteiger partial charge in [-0.1, -0.05) is 23.8 Å². The Hall–Kier alpha value is -2.42. The average molecular weight is 420 g/mol. The summed E-state index contributed by atoms with van der Waals surface area (Å²) in [5.41, 5.74) is 3.95. The van der Waals surface area contributed by atoms with Crippen molar-refractivity contribution in [3.8, 4) is 5.75 Å². The van der Waals surface area contributed by atoms with Crippen molar-refractivity contribution in [2.45, 2.75) is 25.3 Å². The molecule has 29 heavy (non-hydrogen) atoms. The number of hydrogen-bond donors (Lipinski definition) is 1. The zero-order chi connectivity index (χ0) is 21.8. The zero-order valence-corrected chi connectivity index (χ0v) is 18.6. The Morgan fingerprint density at radius 3 is 2.34 bits per heavy atom. The lowest BCUT2D eigenvalue weighted by molar-refractivity contribution is -0.117. The van der Waals surface area contributed by atoms with Crippen LogP contribution in [-0.2, 0) is 21.4 Å². The van der Waals surface area contributed by atoms with E-state index < -0.39 is 10.0 Å². The number of carbonyl (C=O) groups is 1. The minimum atomic E-state index is -3.70. The number of anilines is 1. The fraction of sp³-hybridized carbons (Fsp3) is 0.381. The van der Waals surface area contributed by atoms with Crippen LogP contribution in [0.25, 0.3) is 0 Å². The highest BCUT2D eigenvalue weighted by atomic mass is 32.2. The summed E-state index contributed by atoms with van der Waals surface area (Å²) < 4.78 is 31.3. The second-order valence-corrected chi connectivity index (χ2v) is 9.42. The van der Waals surface area contributed by atoms with Crippen molar-refractivity contribution in [1.82, 2.24) is 9.21 Å². The van der Waals surface area contributed by atoms with Gasteiger partial charge in [0, 0.05) is 26.3 Å². The van der Waals surface area contributed by atoms with Crippen LogP contribution in [0.3, 0.4) is 0 Å². The number of ether oxygens (including phenoxy) is 1. The molecule has 0 fully saturated rings. The summed E-state index contributed by atoms with van der Waals surface area (Å²) in [4.78, 5) is 14.4. The van der Waals surface area contributed by atoms with E-state index in [9.17, 15) is 13.2 Å². The number of sulfonamides is 1. The molecule has 2 aromatic rings. The summed E-state index contributed by atoms with van der Waals surface area (Å²) in [6.45, 7) is 4.92. The predicted molar refractivity (Wildman–Crippen MR) is 115 cm³/mol. The van der Waals surface area contributed by atoms with E-state index in [4.69, 9.17) is 4.74 Å². The molecule has 0 aromatic heterocycles. The maximum Gasteiger partial charge on any atom is 0.246 e. The third kappa shape index (κ3) is 5.79. The second-order valence-electron chi connectivity index (χ2n) is 7.30. The number of benzene rings is 2. The Balaban J connectivity index is 2.10. The molecule has 0 saturated carbocycles. The summed E-state index contributed by atoms with van der Waals surface area (Å²) in [6.07, 6.45) is 0. The van der Waals surface area contributed by atoms with Gasteiger partial charge in [-0.15, -0.1) is 0 Å². The van der Waals surface area contributed by atoms with E-state index in [2.05, 4.69) is 30.4 Å². The Morgan fingerprint density at radius 1 is 1.07 bits per heavy atom. The van der Waals surface area contributed by atoms with Gasteiger partial charge in [0.2, 0.25) is 15.9 Å². The molecule has 8 heteroatoms. The van der Waals surface area contributed by atoms with Crippen LogP contribution in [0.15, 0.2) is 41.3 Å². The van der Waals surface area contributed by atoms with Crippen LogP contribution < -0.4 is 10.1 Å². The molecule has 0 unspecified atom stereocenters. The first-order chi connectivity index (χ1) is 13.5. The van der Waals surface area contributed by atoms with Gasteiger partial charge >= 0.3 is 0 Å². The van der Waals surface area contributed by atoms with Crippen LogP contribution in [0.5, 0.6) is 5.75 Å². The minimum absolute atomic E-state index is 0.00596. The predicted octanol–water partition coefficient (Wildman–Crippen LogP) is 2.63. The second kappa shape index (κ2) is 9.39. The molecule has 0 heterocycles. The summed E-state index contributed by atoms with van der Waals surface area (Å²) in [5, 5.41) is 2.77. The summed E-state index contributed by atoms with van der Waals surface area (Å²) in [7, 11) is 2.47. The molecule has 158 valence electrons. The number of rotatable bonds is 8. The number of carbonyl (C=O) groups excluding carboxylic acids is 1. The zero-order valence-electron chi connectivity index (χ0n) is 17.8. The Labute approximate surface area is 173 Å². The van der Waals surface area contributed by atoms with Gasteiger partial charge < -0.3 is 10.1 Å². The summed E-state index contributed by atoms with van der Waals surface area (Å²) in [5.74, 6) is -0.000652. The first-order valence-electron chi connectivity index (χ1n) is 9.19. The van der Waals surface area contributed by atoms with Gasteiger partial charge in [-0.3, -0.25) is 9.69 Å². The molecule has 2 rings (SSSR count). The fourth-order valence-corrected chi connectivity index (χ4v) is 4.04. The van der Waals surface area contributed by atoms with Crippen molar-refractivity contribution in [1.29, 1.82) is 0 Å². The van der Waals surface area contributed by atoms with Gasteiger partial charge in [0.25, 0.3) is 0 Å². The molecule has 1 N–H and O–H groups in total. The van der Waals surface area contributed by atoms with E-state index in [0.29, 0.717) is 12.2 Å². The molecule has 0 saturated heterocycles. The first-order valence-corrected chi connectivity index (χ1v) is 10.6. The van der Waals surface area contributed by atoms with E-state index in [1.54, 1.807) is 6.07 Å². The Bertz CT molecular complexity index is 987. The standard InChI is InChI=1S/C21H29N3O4S/c1-15-7-8-17(16(2)11-15)13-24(5)14-21(25)22-18-9-10-19(28-6)20(12-18)29(26,27)23(3)4/h7-12H,13-14H2,1-6H3,(H,22,25). The van der Waals surface area contributed by atoms with Crippen LogP contribution >= 0.6 is 0 Å². The largest absolute Gasteiger partial charge is 0.495 e. The van der Waals surface area contributed by atoms with Gasteiger partial charge in [-0.05, 0) is 50.2 Å². The van der Waals surface area contributed by atoms with Crippen LogP contribution in [0.1, 0.15) is 16.7 Å². The number of amides is 1. The van der Waals surface area contributed by atoms with Crippen molar-refractivity contribution in [2.24, 2.45) is 0 Å². The number of aryl methyl sites for hydroxylation is 2. The molecular formula is C21H29N3O4S.